The Morgan fingerprint density at radius 2 is 1.30 bits per heavy atom. The summed E-state index contributed by atoms with van der Waals surface area (Å²) in [6, 6.07) is 0. The number of aromatic carboxylic acids is 1. The predicted molar refractivity (Wildman–Crippen MR) is 175 cm³/mol. The summed E-state index contributed by atoms with van der Waals surface area (Å²) in [7, 11) is 0. The molecule has 0 saturated heterocycles. The van der Waals surface area contributed by atoms with Crippen molar-refractivity contribution in [2.24, 2.45) is 0 Å². The quantitative estimate of drug-likeness (QED) is 0.243. The van der Waals surface area contributed by atoms with Crippen LogP contribution < -0.4 is 9.80 Å². The van der Waals surface area contributed by atoms with E-state index >= 15 is 0 Å². The van der Waals surface area contributed by atoms with E-state index in [9.17, 15) is 24.0 Å². The van der Waals surface area contributed by atoms with Crippen LogP contribution >= 0.6 is 22.7 Å². The third-order valence-electron chi connectivity index (χ3n) is 6.97. The van der Waals surface area contributed by atoms with Crippen molar-refractivity contribution in [3.8, 4) is 0 Å². The fourth-order valence-electron chi connectivity index (χ4n) is 4.74. The number of ketones is 2. The highest BCUT2D eigenvalue weighted by Gasteiger charge is 2.25. The third kappa shape index (κ3) is 8.88. The molecule has 1 N–H and O–H groups in total. The zero-order valence-corrected chi connectivity index (χ0v) is 28.3. The van der Waals surface area contributed by atoms with Gasteiger partial charge < -0.3 is 14.6 Å². The van der Waals surface area contributed by atoms with Gasteiger partial charge in [0.05, 0.1) is 18.8 Å². The monoisotopic (exact) mass is 646 g/mol. The van der Waals surface area contributed by atoms with Crippen molar-refractivity contribution in [3.63, 3.8) is 0 Å². The van der Waals surface area contributed by atoms with E-state index in [2.05, 4.69) is 0 Å². The number of amides is 2. The highest BCUT2D eigenvalue weighted by molar-refractivity contribution is 7.15. The van der Waals surface area contributed by atoms with E-state index < -0.39 is 18.2 Å². The Labute approximate surface area is 266 Å². The number of anilines is 2. The summed E-state index contributed by atoms with van der Waals surface area (Å²) in [5.41, 5.74) is 5.00. The minimum absolute atomic E-state index is 0.00529. The second-order valence-corrected chi connectivity index (χ2v) is 11.7. The molecule has 0 aliphatic heterocycles. The van der Waals surface area contributed by atoms with Gasteiger partial charge in [0.25, 0.3) is 0 Å². The zero-order chi connectivity index (χ0) is 33.1. The first-order chi connectivity index (χ1) is 20.8. The highest BCUT2D eigenvalue weighted by atomic mass is 32.1. The fraction of sp³-hybridized carbons (Fsp3) is 0.469. The van der Waals surface area contributed by atoms with Crippen molar-refractivity contribution >= 4 is 62.4 Å². The summed E-state index contributed by atoms with van der Waals surface area (Å²) < 4.78 is 10.0. The molecule has 12 heteroatoms. The van der Waals surface area contributed by atoms with Crippen LogP contribution in [0.25, 0.3) is 0 Å². The van der Waals surface area contributed by atoms with Gasteiger partial charge in [0, 0.05) is 42.3 Å². The van der Waals surface area contributed by atoms with E-state index in [4.69, 9.17) is 14.6 Å². The van der Waals surface area contributed by atoms with E-state index in [1.165, 1.54) is 33.0 Å². The smallest absolute Gasteiger partial charge is 0.414 e. The summed E-state index contributed by atoms with van der Waals surface area (Å²) >= 11 is 2.61. The Bertz CT molecular complexity index is 1450. The van der Waals surface area contributed by atoms with E-state index in [0.717, 1.165) is 27.3 Å². The number of hydrogen-bond donors (Lipinski definition) is 1. The van der Waals surface area contributed by atoms with E-state index in [0.29, 0.717) is 55.3 Å². The van der Waals surface area contributed by atoms with Crippen molar-refractivity contribution in [1.82, 2.24) is 0 Å². The summed E-state index contributed by atoms with van der Waals surface area (Å²) in [5.74, 6) is -0.873. The van der Waals surface area contributed by atoms with Gasteiger partial charge in [-0.25, -0.2) is 14.4 Å². The summed E-state index contributed by atoms with van der Waals surface area (Å²) in [6.45, 7) is 16.1. The number of rotatable bonds is 11. The Morgan fingerprint density at radius 3 is 1.70 bits per heavy atom. The van der Waals surface area contributed by atoms with Gasteiger partial charge in [-0.1, -0.05) is 11.6 Å². The third-order valence-corrected chi connectivity index (χ3v) is 9.18. The first-order valence-corrected chi connectivity index (χ1v) is 16.3. The minimum Gasteiger partial charge on any atom is -0.478 e. The van der Waals surface area contributed by atoms with Gasteiger partial charge in [0.2, 0.25) is 0 Å². The molecule has 0 spiro atoms. The number of carboxylic acid groups (broad SMARTS) is 1. The first-order valence-electron chi connectivity index (χ1n) is 14.5. The van der Waals surface area contributed by atoms with Crippen LogP contribution in [0.2, 0.25) is 0 Å². The molecule has 0 bridgehead atoms. The number of carbonyl (C=O) groups is 5. The van der Waals surface area contributed by atoms with E-state index in [1.807, 2.05) is 40.7 Å². The van der Waals surface area contributed by atoms with Gasteiger partial charge in [0.15, 0.2) is 11.6 Å². The molecule has 0 fully saturated rings. The van der Waals surface area contributed by atoms with Crippen LogP contribution in [0.15, 0.2) is 33.6 Å². The van der Waals surface area contributed by atoms with Gasteiger partial charge in [-0.2, -0.15) is 0 Å². The Hall–Kier alpha value is -3.77. The number of carbonyl (C=O) groups excluding carboxylic acids is 4. The van der Waals surface area contributed by atoms with Crippen molar-refractivity contribution in [2.75, 3.05) is 36.1 Å². The van der Waals surface area contributed by atoms with Crippen LogP contribution in [0.5, 0.6) is 0 Å². The minimum atomic E-state index is -0.982. The number of nitrogens with zero attached hydrogens (tertiary/aromatic N) is 2. The second kappa shape index (κ2) is 16.9. The summed E-state index contributed by atoms with van der Waals surface area (Å²) in [6.07, 6.45) is 2.35. The van der Waals surface area contributed by atoms with Gasteiger partial charge >= 0.3 is 18.2 Å². The molecule has 44 heavy (non-hydrogen) atoms. The van der Waals surface area contributed by atoms with Gasteiger partial charge in [-0.3, -0.25) is 19.4 Å². The molecule has 2 aromatic heterocycles. The largest absolute Gasteiger partial charge is 0.478 e. The SMILES string of the molecule is CCOC(=O)N(CC)c1scc(C(=O)CCC2=C(C)C=C(C)CC2=O)c1C.CCOC(=O)N(CC)c1scc(C(=O)O)c1C. The molecule has 3 rings (SSSR count). The molecule has 0 atom stereocenters. The molecular formula is C32H42N2O8S2. The number of hydrogen-bond acceptors (Lipinski definition) is 9. The number of allylic oxidation sites excluding steroid dienone is 4. The van der Waals surface area contributed by atoms with Crippen molar-refractivity contribution in [2.45, 2.75) is 74.7 Å². The molecule has 0 radical (unpaired) electrons. The van der Waals surface area contributed by atoms with E-state index in [1.54, 1.807) is 31.1 Å². The van der Waals surface area contributed by atoms with Crippen LogP contribution in [0, 0.1) is 13.8 Å². The molecule has 0 saturated carbocycles. The lowest BCUT2D eigenvalue weighted by Crippen LogP contribution is -2.31. The van der Waals surface area contributed by atoms with Crippen LogP contribution in [-0.4, -0.2) is 61.1 Å². The van der Waals surface area contributed by atoms with Crippen molar-refractivity contribution in [1.29, 1.82) is 0 Å². The maximum Gasteiger partial charge on any atom is 0.414 e. The predicted octanol–water partition coefficient (Wildman–Crippen LogP) is 7.98. The molecular weight excluding hydrogens is 604 g/mol. The molecule has 2 aromatic rings. The molecule has 1 aliphatic rings. The Morgan fingerprint density at radius 1 is 0.818 bits per heavy atom. The molecule has 10 nitrogen and oxygen atoms in total. The topological polar surface area (TPSA) is 131 Å². The van der Waals surface area contributed by atoms with Crippen LogP contribution in [0.1, 0.15) is 92.6 Å². The maximum atomic E-state index is 12.7. The number of Topliss-reactive ketones (excluding diaryl/α,β-unsaturated/α-hetero) is 2. The lowest BCUT2D eigenvalue weighted by atomic mass is 9.89. The van der Waals surface area contributed by atoms with Crippen LogP contribution in [0.4, 0.5) is 19.6 Å². The number of thiophene rings is 2. The average Bonchev–Trinajstić information content (AvgIpc) is 3.52. The number of ether oxygens (including phenoxy) is 2. The molecule has 1 aliphatic carbocycles. The van der Waals surface area contributed by atoms with E-state index in [-0.39, 0.29) is 23.6 Å². The van der Waals surface area contributed by atoms with Crippen LogP contribution in [-0.2, 0) is 14.3 Å². The van der Waals surface area contributed by atoms with Crippen LogP contribution in [0.3, 0.4) is 0 Å². The zero-order valence-electron chi connectivity index (χ0n) is 26.7. The molecule has 240 valence electrons. The first kappa shape index (κ1) is 36.4. The Balaban J connectivity index is 0.000000342. The van der Waals surface area contributed by atoms with Gasteiger partial charge in [0.1, 0.15) is 10.0 Å². The normalized spacial score (nSPS) is 12.6. The van der Waals surface area contributed by atoms with Gasteiger partial charge in [-0.15, -0.1) is 22.7 Å². The fourth-order valence-corrected chi connectivity index (χ4v) is 7.02. The molecule has 2 heterocycles. The lowest BCUT2D eigenvalue weighted by molar-refractivity contribution is -0.115. The highest BCUT2D eigenvalue weighted by Crippen LogP contribution is 2.34. The lowest BCUT2D eigenvalue weighted by Gasteiger charge is -2.19. The van der Waals surface area contributed by atoms with Gasteiger partial charge in [-0.05, 0) is 84.1 Å². The summed E-state index contributed by atoms with van der Waals surface area (Å²) in [5, 5.41) is 13.6. The average molecular weight is 647 g/mol. The second-order valence-electron chi connectivity index (χ2n) is 10.0. The van der Waals surface area contributed by atoms with Crippen molar-refractivity contribution in [3.05, 3.63) is 55.8 Å². The number of carboxylic acids is 1. The standard InChI is InChI=1S/C21H27NO4S.C11H15NO4S/c1-6-22(21(25)26-7-2)20-15(5)17(12-27-20)18(23)9-8-16-14(4)10-13(3)11-19(16)24;1-4-12(11(15)16-5-2)9-7(3)8(6-17-9)10(13)14/h10,12H,6-9,11H2,1-5H3;6H,4-5H2,1-3H3,(H,13,14). The molecule has 0 unspecified atom stereocenters. The molecule has 2 amide bonds. The van der Waals surface area contributed by atoms with Crippen molar-refractivity contribution < 1.29 is 38.6 Å². The maximum absolute atomic E-state index is 12.7. The molecule has 0 aromatic carbocycles. The Kier molecular flexibility index (Phi) is 14.0. The summed E-state index contributed by atoms with van der Waals surface area (Å²) in [4.78, 5) is 62.6.